The van der Waals surface area contributed by atoms with Gasteiger partial charge in [-0.15, -0.1) is 0 Å². The fourth-order valence-corrected chi connectivity index (χ4v) is 4.61. The Hall–Kier alpha value is -0.980. The van der Waals surface area contributed by atoms with E-state index in [-0.39, 0.29) is 5.91 Å². The summed E-state index contributed by atoms with van der Waals surface area (Å²) in [5, 5.41) is 6.32. The third kappa shape index (κ3) is 6.63. The Morgan fingerprint density at radius 2 is 1.19 bits per heavy atom. The standard InChI is InChI=1S/C20H39N4O2/c1-19(25)17-23-11-14-24(15-12-23,16-13-23)18-20(26)22-10-8-6-4-3-5-7-9-21-2/h21H,3-18H2,1-2H3/q+1/p+1. The van der Waals surface area contributed by atoms with Crippen LogP contribution in [0, 0.1) is 0 Å². The molecular weight excluding hydrogens is 328 g/mol. The number of fused-ring (bicyclic) bond motifs is 3. The van der Waals surface area contributed by atoms with Gasteiger partial charge in [-0.05, 0) is 26.4 Å². The zero-order chi connectivity index (χ0) is 18.9. The van der Waals surface area contributed by atoms with E-state index >= 15 is 0 Å². The largest absolute Gasteiger partial charge is 0.351 e. The highest BCUT2D eigenvalue weighted by Gasteiger charge is 2.50. The van der Waals surface area contributed by atoms with Gasteiger partial charge in [-0.25, -0.2) is 0 Å². The van der Waals surface area contributed by atoms with Crippen molar-refractivity contribution in [2.24, 2.45) is 0 Å². The van der Waals surface area contributed by atoms with Crippen LogP contribution in [0.1, 0.15) is 45.4 Å². The number of ketones is 1. The molecular formula is C20H40N4O2+2. The summed E-state index contributed by atoms with van der Waals surface area (Å²) in [6.07, 6.45) is 7.45. The van der Waals surface area contributed by atoms with Crippen molar-refractivity contribution >= 4 is 11.7 Å². The SMILES string of the molecule is CNCCCCCCCCNC(=O)C[N+]12CC[N+](CC(C)=O)(CC1)CC2. The predicted molar refractivity (Wildman–Crippen MR) is 105 cm³/mol. The molecule has 6 heteroatoms. The normalized spacial score (nSPS) is 27.5. The number of nitrogens with one attached hydrogen (secondary N) is 2. The zero-order valence-electron chi connectivity index (χ0n) is 17.0. The number of piperazine rings is 3. The van der Waals surface area contributed by atoms with E-state index in [0.29, 0.717) is 18.9 Å². The van der Waals surface area contributed by atoms with Crippen LogP contribution in [0.4, 0.5) is 0 Å². The fourth-order valence-electron chi connectivity index (χ4n) is 4.61. The van der Waals surface area contributed by atoms with E-state index in [2.05, 4.69) is 10.6 Å². The van der Waals surface area contributed by atoms with Crippen LogP contribution in [-0.2, 0) is 9.59 Å². The van der Waals surface area contributed by atoms with Gasteiger partial charge in [0.05, 0.1) is 0 Å². The lowest BCUT2D eigenvalue weighted by Crippen LogP contribution is -2.76. The summed E-state index contributed by atoms with van der Waals surface area (Å²) in [4.78, 5) is 23.9. The van der Waals surface area contributed by atoms with Crippen molar-refractivity contribution in [3.8, 4) is 0 Å². The Morgan fingerprint density at radius 3 is 1.69 bits per heavy atom. The maximum absolute atomic E-state index is 12.4. The molecule has 3 fully saturated rings. The molecule has 0 spiro atoms. The molecule has 3 aliphatic heterocycles. The van der Waals surface area contributed by atoms with E-state index in [1.54, 1.807) is 6.92 Å². The van der Waals surface area contributed by atoms with Crippen LogP contribution in [0.2, 0.25) is 0 Å². The van der Waals surface area contributed by atoms with Gasteiger partial charge < -0.3 is 19.6 Å². The molecule has 0 aromatic carbocycles. The van der Waals surface area contributed by atoms with Crippen molar-refractivity contribution in [3.63, 3.8) is 0 Å². The van der Waals surface area contributed by atoms with Crippen LogP contribution >= 0.6 is 0 Å². The zero-order valence-corrected chi connectivity index (χ0v) is 17.0. The first-order chi connectivity index (χ1) is 12.5. The highest BCUT2D eigenvalue weighted by Crippen LogP contribution is 2.26. The highest BCUT2D eigenvalue weighted by atomic mass is 16.2. The molecule has 3 heterocycles. The molecule has 26 heavy (non-hydrogen) atoms. The Balaban J connectivity index is 1.56. The van der Waals surface area contributed by atoms with E-state index in [1.807, 2.05) is 7.05 Å². The lowest BCUT2D eigenvalue weighted by atomic mass is 10.1. The third-order valence-electron chi connectivity index (χ3n) is 6.36. The molecule has 0 aromatic rings. The smallest absolute Gasteiger partial charge is 0.275 e. The van der Waals surface area contributed by atoms with Crippen LogP contribution in [0.5, 0.6) is 0 Å². The molecule has 150 valence electrons. The second kappa shape index (κ2) is 10.4. The fraction of sp³-hybridized carbons (Fsp3) is 0.900. The minimum absolute atomic E-state index is 0.215. The highest BCUT2D eigenvalue weighted by molar-refractivity contribution is 5.77. The first-order valence-corrected chi connectivity index (χ1v) is 10.6. The number of quaternary nitrogens is 2. The molecule has 3 saturated heterocycles. The third-order valence-corrected chi connectivity index (χ3v) is 6.36. The molecule has 0 atom stereocenters. The number of nitrogens with zero attached hydrogens (tertiary/aromatic N) is 2. The van der Waals surface area contributed by atoms with Gasteiger partial charge in [-0.1, -0.05) is 25.7 Å². The van der Waals surface area contributed by atoms with E-state index in [4.69, 9.17) is 0 Å². The second-order valence-corrected chi connectivity index (χ2v) is 8.62. The van der Waals surface area contributed by atoms with Crippen molar-refractivity contribution < 1.29 is 18.6 Å². The monoisotopic (exact) mass is 368 g/mol. The van der Waals surface area contributed by atoms with Crippen molar-refractivity contribution in [2.75, 3.05) is 72.5 Å². The van der Waals surface area contributed by atoms with E-state index in [0.717, 1.165) is 67.7 Å². The first-order valence-electron chi connectivity index (χ1n) is 10.6. The van der Waals surface area contributed by atoms with Gasteiger partial charge in [0.2, 0.25) is 0 Å². The van der Waals surface area contributed by atoms with E-state index < -0.39 is 0 Å². The number of hydrogen-bond acceptors (Lipinski definition) is 3. The number of Topliss-reactive ketones (excluding diaryl/α,β-unsaturated/α-hetero) is 1. The molecule has 1 amide bonds. The van der Waals surface area contributed by atoms with Crippen molar-refractivity contribution in [1.82, 2.24) is 10.6 Å². The van der Waals surface area contributed by atoms with Crippen LogP contribution < -0.4 is 10.6 Å². The lowest BCUT2D eigenvalue weighted by Gasteiger charge is -2.54. The predicted octanol–water partition coefficient (Wildman–Crippen LogP) is 0.912. The molecule has 0 radical (unpaired) electrons. The molecule has 3 rings (SSSR count). The van der Waals surface area contributed by atoms with Crippen molar-refractivity contribution in [1.29, 1.82) is 0 Å². The molecule has 0 saturated carbocycles. The van der Waals surface area contributed by atoms with Gasteiger partial charge in [-0.2, -0.15) is 0 Å². The Morgan fingerprint density at radius 1 is 0.731 bits per heavy atom. The summed E-state index contributed by atoms with van der Waals surface area (Å²) >= 11 is 0. The second-order valence-electron chi connectivity index (χ2n) is 8.62. The quantitative estimate of drug-likeness (QED) is 0.375. The summed E-state index contributed by atoms with van der Waals surface area (Å²) < 4.78 is 1.90. The Labute approximate surface area is 159 Å². The lowest BCUT2D eigenvalue weighted by molar-refractivity contribution is -1.07. The van der Waals surface area contributed by atoms with Crippen molar-refractivity contribution in [2.45, 2.75) is 45.4 Å². The number of amides is 1. The molecule has 2 N–H and O–H groups in total. The minimum atomic E-state index is 0.215. The van der Waals surface area contributed by atoms with Crippen LogP contribution in [-0.4, -0.2) is 93.2 Å². The minimum Gasteiger partial charge on any atom is -0.351 e. The number of carbonyl (C=O) groups excluding carboxylic acids is 2. The van der Waals surface area contributed by atoms with Gasteiger partial charge in [0, 0.05) is 13.5 Å². The topological polar surface area (TPSA) is 58.2 Å². The molecule has 0 aromatic heterocycles. The van der Waals surface area contributed by atoms with Gasteiger partial charge in [-0.3, -0.25) is 9.59 Å². The molecule has 6 nitrogen and oxygen atoms in total. The summed E-state index contributed by atoms with van der Waals surface area (Å²) in [5.41, 5.74) is 0. The number of unbranched alkanes of at least 4 members (excludes halogenated alkanes) is 5. The number of carbonyl (C=O) groups is 2. The summed E-state index contributed by atoms with van der Waals surface area (Å²) in [5.74, 6) is 0.513. The van der Waals surface area contributed by atoms with Gasteiger partial charge >= 0.3 is 0 Å². The maximum atomic E-state index is 12.4. The van der Waals surface area contributed by atoms with E-state index in [1.165, 1.54) is 32.1 Å². The summed E-state index contributed by atoms with van der Waals surface area (Å²) in [6.45, 7) is 11.3. The van der Waals surface area contributed by atoms with Crippen molar-refractivity contribution in [3.05, 3.63) is 0 Å². The molecule has 3 aliphatic rings. The summed E-state index contributed by atoms with van der Waals surface area (Å²) in [6, 6.07) is 0. The molecule has 0 unspecified atom stereocenters. The van der Waals surface area contributed by atoms with Gasteiger partial charge in [0.15, 0.2) is 12.3 Å². The van der Waals surface area contributed by atoms with E-state index in [9.17, 15) is 9.59 Å². The van der Waals surface area contributed by atoms with Crippen LogP contribution in [0.3, 0.4) is 0 Å². The first kappa shape index (κ1) is 21.3. The van der Waals surface area contributed by atoms with Crippen LogP contribution in [0.25, 0.3) is 0 Å². The molecule has 0 aliphatic carbocycles. The summed E-state index contributed by atoms with van der Waals surface area (Å²) in [7, 11) is 2.00. The van der Waals surface area contributed by atoms with Gasteiger partial charge in [0.1, 0.15) is 45.8 Å². The van der Waals surface area contributed by atoms with Crippen LogP contribution in [0.15, 0.2) is 0 Å². The molecule has 2 bridgehead atoms. The number of rotatable bonds is 13. The van der Waals surface area contributed by atoms with Gasteiger partial charge in [0.25, 0.3) is 5.91 Å². The Bertz CT molecular complexity index is 442. The Kier molecular flexibility index (Phi) is 8.51. The average molecular weight is 369 g/mol. The number of hydrogen-bond donors (Lipinski definition) is 2. The maximum Gasteiger partial charge on any atom is 0.275 e. The average Bonchev–Trinajstić information content (AvgIpc) is 2.61.